The van der Waals surface area contributed by atoms with Gasteiger partial charge in [-0.1, -0.05) is 4.31 Å². The molecular formula is C10H12N5O10P2-. The summed E-state index contributed by atoms with van der Waals surface area (Å²) < 4.78 is 36.0. The van der Waals surface area contributed by atoms with Crippen molar-refractivity contribution in [3.05, 3.63) is 16.7 Å². The van der Waals surface area contributed by atoms with Crippen LogP contribution in [0.5, 0.6) is 0 Å². The molecular weight excluding hydrogens is 412 g/mol. The molecule has 0 aromatic carbocycles. The van der Waals surface area contributed by atoms with Gasteiger partial charge in [0, 0.05) is 0 Å². The summed E-state index contributed by atoms with van der Waals surface area (Å²) in [6.07, 6.45) is -4.78. The highest BCUT2D eigenvalue weighted by molar-refractivity contribution is 7.54. The summed E-state index contributed by atoms with van der Waals surface area (Å²) in [5.41, 5.74) is 4.68. The molecule has 17 heteroatoms. The van der Waals surface area contributed by atoms with Crippen LogP contribution in [0.25, 0.3) is 11.2 Å². The van der Waals surface area contributed by atoms with Gasteiger partial charge in [0.2, 0.25) is 5.95 Å². The van der Waals surface area contributed by atoms with Gasteiger partial charge in [0.15, 0.2) is 17.4 Å². The van der Waals surface area contributed by atoms with Crippen LogP contribution in [-0.4, -0.2) is 54.7 Å². The number of phosphoric ester groups is 1. The van der Waals surface area contributed by atoms with E-state index in [0.29, 0.717) is 0 Å². The van der Waals surface area contributed by atoms with Crippen LogP contribution >= 0.6 is 16.1 Å². The van der Waals surface area contributed by atoms with Crippen LogP contribution in [-0.2, 0) is 22.7 Å². The molecule has 3 heterocycles. The van der Waals surface area contributed by atoms with E-state index < -0.39 is 52.8 Å². The Labute approximate surface area is 149 Å². The minimum Gasteiger partial charge on any atom is -0.753 e. The Balaban J connectivity index is 1.80. The topological polar surface area (TPSA) is 238 Å². The van der Waals surface area contributed by atoms with E-state index in [1.54, 1.807) is 0 Å². The molecule has 27 heavy (non-hydrogen) atoms. The quantitative estimate of drug-likeness (QED) is 0.335. The lowest BCUT2D eigenvalue weighted by Crippen LogP contribution is -2.34. The third-order valence-corrected chi connectivity index (χ3v) is 5.42. The van der Waals surface area contributed by atoms with Crippen molar-refractivity contribution in [1.29, 1.82) is 0 Å². The Morgan fingerprint density at radius 2 is 2.19 bits per heavy atom. The molecule has 1 aliphatic rings. The molecule has 1 aliphatic heterocycles. The number of nitrogens with two attached hydrogens (primary N) is 1. The minimum atomic E-state index is -5.19. The number of aliphatic hydroxyl groups excluding tert-OH is 2. The van der Waals surface area contributed by atoms with Gasteiger partial charge in [-0.3, -0.25) is 18.9 Å². The van der Waals surface area contributed by atoms with Gasteiger partial charge in [-0.05, 0) is 4.57 Å². The molecule has 0 spiro atoms. The first-order valence-electron chi connectivity index (χ1n) is 7.12. The summed E-state index contributed by atoms with van der Waals surface area (Å²) in [6, 6.07) is 0. The highest BCUT2D eigenvalue weighted by Gasteiger charge is 2.45. The first-order valence-corrected chi connectivity index (χ1v) is 9.68. The van der Waals surface area contributed by atoms with Crippen molar-refractivity contribution in [1.82, 2.24) is 19.5 Å². The molecule has 3 rings (SSSR count). The second-order valence-electron chi connectivity index (χ2n) is 5.37. The van der Waals surface area contributed by atoms with Crippen molar-refractivity contribution < 1.29 is 42.7 Å². The molecule has 1 fully saturated rings. The monoisotopic (exact) mass is 424 g/mol. The number of H-pyrrole nitrogens is 1. The molecule has 2 aromatic heterocycles. The number of imidazole rings is 1. The largest absolute Gasteiger partial charge is 0.753 e. The number of ether oxygens (including phenoxy) is 1. The van der Waals surface area contributed by atoms with Crippen molar-refractivity contribution in [2.45, 2.75) is 24.5 Å². The maximum atomic E-state index is 11.8. The van der Waals surface area contributed by atoms with Crippen molar-refractivity contribution in [3.63, 3.8) is 0 Å². The van der Waals surface area contributed by atoms with Gasteiger partial charge in [0.1, 0.15) is 18.3 Å². The number of aromatic amines is 1. The highest BCUT2D eigenvalue weighted by Crippen LogP contribution is 2.46. The van der Waals surface area contributed by atoms with Gasteiger partial charge in [-0.25, -0.2) is 4.98 Å². The van der Waals surface area contributed by atoms with E-state index in [-0.39, 0.29) is 17.1 Å². The number of anilines is 1. The Hall–Kier alpha value is -1.80. The fourth-order valence-corrected chi connectivity index (χ4v) is 3.67. The second-order valence-corrected chi connectivity index (χ2v) is 7.62. The van der Waals surface area contributed by atoms with Gasteiger partial charge in [0.05, 0.1) is 12.9 Å². The predicted octanol–water partition coefficient (Wildman–Crippen LogP) is -3.16. The SMILES string of the molecule is Nc1nc2c(ncn2C2OC(COP(=O)([O-])O[P+](=O)[O-])C(O)C2O)c(=O)[nH]1. The molecule has 0 saturated carbocycles. The summed E-state index contributed by atoms with van der Waals surface area (Å²) in [6.45, 7) is -0.846. The Morgan fingerprint density at radius 3 is 2.85 bits per heavy atom. The molecule has 2 aromatic rings. The number of nitrogen functional groups attached to an aromatic ring is 1. The molecule has 15 nitrogen and oxygen atoms in total. The first kappa shape index (κ1) is 19.9. The smallest absolute Gasteiger partial charge is 0.496 e. The van der Waals surface area contributed by atoms with E-state index in [1.807, 2.05) is 0 Å². The number of nitrogens with one attached hydrogen (secondary N) is 1. The number of hydrogen-bond donors (Lipinski definition) is 4. The van der Waals surface area contributed by atoms with Crippen LogP contribution in [0.4, 0.5) is 5.95 Å². The van der Waals surface area contributed by atoms with Crippen molar-refractivity contribution in [2.24, 2.45) is 0 Å². The van der Waals surface area contributed by atoms with Gasteiger partial charge in [-0.15, -0.1) is 0 Å². The van der Waals surface area contributed by atoms with Crippen LogP contribution in [0.15, 0.2) is 11.1 Å². The third-order valence-electron chi connectivity index (χ3n) is 3.63. The number of rotatable bonds is 6. The average Bonchev–Trinajstić information content (AvgIpc) is 3.07. The lowest BCUT2D eigenvalue weighted by Gasteiger charge is -2.20. The van der Waals surface area contributed by atoms with Gasteiger partial charge >= 0.3 is 16.1 Å². The molecule has 1 saturated heterocycles. The summed E-state index contributed by atoms with van der Waals surface area (Å²) in [5.74, 6) is -0.224. The first-order chi connectivity index (χ1) is 12.6. The molecule has 0 bridgehead atoms. The average molecular weight is 424 g/mol. The van der Waals surface area contributed by atoms with Crippen molar-refractivity contribution in [3.8, 4) is 0 Å². The highest BCUT2D eigenvalue weighted by atomic mass is 31.2. The lowest BCUT2D eigenvalue weighted by atomic mass is 10.1. The van der Waals surface area contributed by atoms with Crippen LogP contribution in [0, 0.1) is 0 Å². The fourth-order valence-electron chi connectivity index (χ4n) is 2.50. The number of phosphoric acid groups is 1. The molecule has 6 atom stereocenters. The Morgan fingerprint density at radius 1 is 1.48 bits per heavy atom. The van der Waals surface area contributed by atoms with Crippen LogP contribution in [0.1, 0.15) is 6.23 Å². The van der Waals surface area contributed by atoms with E-state index >= 15 is 0 Å². The fraction of sp³-hybridized carbons (Fsp3) is 0.500. The maximum Gasteiger partial charge on any atom is 0.496 e. The zero-order valence-corrected chi connectivity index (χ0v) is 14.9. The molecule has 6 unspecified atom stereocenters. The van der Waals surface area contributed by atoms with E-state index in [4.69, 9.17) is 10.5 Å². The Kier molecular flexibility index (Phi) is 5.40. The number of aliphatic hydroxyl groups is 2. The Bertz CT molecular complexity index is 977. The molecule has 0 amide bonds. The summed E-state index contributed by atoms with van der Waals surface area (Å²) in [4.78, 5) is 43.3. The lowest BCUT2D eigenvalue weighted by molar-refractivity contribution is -0.230. The maximum absolute atomic E-state index is 11.8. The van der Waals surface area contributed by atoms with E-state index in [2.05, 4.69) is 23.8 Å². The van der Waals surface area contributed by atoms with Crippen molar-refractivity contribution >= 4 is 33.2 Å². The molecule has 148 valence electrons. The van der Waals surface area contributed by atoms with Crippen molar-refractivity contribution in [2.75, 3.05) is 12.3 Å². The normalized spacial score (nSPS) is 28.4. The van der Waals surface area contributed by atoms with Crippen LogP contribution in [0.3, 0.4) is 0 Å². The summed E-state index contributed by atoms with van der Waals surface area (Å²) in [7, 11) is -8.91. The molecule has 0 aliphatic carbocycles. The zero-order chi connectivity index (χ0) is 19.9. The summed E-state index contributed by atoms with van der Waals surface area (Å²) >= 11 is 0. The molecule has 5 N–H and O–H groups in total. The third kappa shape index (κ3) is 4.06. The molecule has 0 radical (unpaired) electrons. The minimum absolute atomic E-state index is 0.0461. The van der Waals surface area contributed by atoms with E-state index in [0.717, 1.165) is 10.9 Å². The summed E-state index contributed by atoms with van der Waals surface area (Å²) in [5, 5.41) is 20.2. The standard InChI is InChI=1S/C10H13N5O10P2/c11-10-13-7-4(8(18)14-10)12-2-15(7)9-6(17)5(16)3(24-9)1-23-27(21,22)25-26(19)20/h2-3,5-6,9,16-17H,1H2,(H,21,22)(H3,11,13,14,18)/p-1. The predicted molar refractivity (Wildman–Crippen MR) is 80.7 cm³/mol. The van der Waals surface area contributed by atoms with Gasteiger partial charge in [-0.2, -0.15) is 4.98 Å². The van der Waals surface area contributed by atoms with Crippen LogP contribution in [0.2, 0.25) is 0 Å². The van der Waals surface area contributed by atoms with E-state index in [1.165, 1.54) is 0 Å². The van der Waals surface area contributed by atoms with Crippen LogP contribution < -0.4 is 21.1 Å². The number of nitrogens with zero attached hydrogens (tertiary/aromatic N) is 3. The second kappa shape index (κ2) is 7.31. The van der Waals surface area contributed by atoms with Gasteiger partial charge < -0.3 is 35.0 Å². The number of fused-ring (bicyclic) bond motifs is 1. The number of hydrogen-bond acceptors (Lipinski definition) is 13. The van der Waals surface area contributed by atoms with Gasteiger partial charge in [0.25, 0.3) is 5.56 Å². The number of aromatic nitrogens is 4. The van der Waals surface area contributed by atoms with E-state index in [9.17, 15) is 33.9 Å². The zero-order valence-electron chi connectivity index (χ0n) is 13.1.